The fraction of sp³-hybridized carbons (Fsp3) is 0.400. The van der Waals surface area contributed by atoms with Crippen molar-refractivity contribution in [3.05, 3.63) is 48.0 Å². The maximum absolute atomic E-state index is 12.4. The van der Waals surface area contributed by atoms with Gasteiger partial charge in [-0.1, -0.05) is 18.2 Å². The summed E-state index contributed by atoms with van der Waals surface area (Å²) >= 11 is 0. The van der Waals surface area contributed by atoms with Crippen LogP contribution in [0.1, 0.15) is 27.7 Å². The van der Waals surface area contributed by atoms with Crippen molar-refractivity contribution in [2.75, 3.05) is 31.2 Å². The van der Waals surface area contributed by atoms with Gasteiger partial charge in [0.25, 0.3) is 0 Å². The first kappa shape index (κ1) is 21.5. The van der Waals surface area contributed by atoms with E-state index in [0.717, 1.165) is 48.1 Å². The maximum Gasteiger partial charge on any atom is 0.407 e. The number of anilines is 1. The molecule has 2 atom stereocenters. The largest absolute Gasteiger partial charge is 0.507 e. The number of hydrogen-bond donors (Lipinski definition) is 2. The Morgan fingerprint density at radius 2 is 2.12 bits per heavy atom. The molecule has 2 aliphatic rings. The standard InChI is InChI=1S/C25H28N4O4.2H2/c1-16-8-9-19-21(13-16)27-23(20-6-2-3-7-22(20)30)28-24(19)29-11-4-5-17(14-29)26-25(31)33-18-10-12-32-15-18;;/h2-3,6-9,13,17-18,30H,4-5,10-12,14-15H2,1H3,(H,26,31);2*1H/t17-,18+;;/m1../s1. The molecule has 0 radical (unpaired) electrons. The third kappa shape index (κ3) is 4.71. The van der Waals surface area contributed by atoms with E-state index < -0.39 is 6.09 Å². The van der Waals surface area contributed by atoms with Gasteiger partial charge in [0.15, 0.2) is 5.82 Å². The normalized spacial score (nSPS) is 20.7. The van der Waals surface area contributed by atoms with E-state index in [1.54, 1.807) is 12.1 Å². The van der Waals surface area contributed by atoms with Crippen LogP contribution in [0.2, 0.25) is 0 Å². The molecule has 1 aromatic heterocycles. The van der Waals surface area contributed by atoms with Crippen molar-refractivity contribution >= 4 is 22.8 Å². The van der Waals surface area contributed by atoms with Gasteiger partial charge in [0, 0.05) is 33.8 Å². The Balaban J connectivity index is 0.00000171. The molecule has 2 aliphatic heterocycles. The molecule has 5 rings (SSSR count). The highest BCUT2D eigenvalue weighted by Gasteiger charge is 2.27. The molecule has 0 bridgehead atoms. The number of aromatic hydroxyl groups is 1. The zero-order valence-electron chi connectivity index (χ0n) is 18.7. The number of hydrogen-bond acceptors (Lipinski definition) is 7. The van der Waals surface area contributed by atoms with E-state index in [4.69, 9.17) is 19.4 Å². The van der Waals surface area contributed by atoms with Gasteiger partial charge in [0.1, 0.15) is 17.7 Å². The number of nitrogens with zero attached hydrogens (tertiary/aromatic N) is 3. The summed E-state index contributed by atoms with van der Waals surface area (Å²) in [6, 6.07) is 13.2. The molecule has 2 fully saturated rings. The molecule has 8 nitrogen and oxygen atoms in total. The maximum atomic E-state index is 12.4. The van der Waals surface area contributed by atoms with E-state index in [0.29, 0.717) is 31.1 Å². The summed E-state index contributed by atoms with van der Waals surface area (Å²) in [5.41, 5.74) is 2.53. The number of alkyl carbamates (subject to hydrolysis) is 1. The number of phenols is 1. The predicted octanol–water partition coefficient (Wildman–Crippen LogP) is 4.29. The van der Waals surface area contributed by atoms with Crippen LogP contribution in [-0.4, -0.2) is 59.6 Å². The molecule has 3 heterocycles. The summed E-state index contributed by atoms with van der Waals surface area (Å²) in [6.45, 7) is 4.57. The Morgan fingerprint density at radius 3 is 2.94 bits per heavy atom. The molecule has 8 heteroatoms. The zero-order chi connectivity index (χ0) is 22.8. The van der Waals surface area contributed by atoms with E-state index in [2.05, 4.69) is 16.3 Å². The summed E-state index contributed by atoms with van der Waals surface area (Å²) < 4.78 is 10.8. The minimum atomic E-state index is -0.393. The predicted molar refractivity (Wildman–Crippen MR) is 130 cm³/mol. The Bertz CT molecular complexity index is 1170. The van der Waals surface area contributed by atoms with E-state index in [1.807, 2.05) is 31.2 Å². The number of fused-ring (bicyclic) bond motifs is 1. The minimum Gasteiger partial charge on any atom is -0.507 e. The number of aromatic nitrogens is 2. The van der Waals surface area contributed by atoms with Gasteiger partial charge in [-0.05, 0) is 49.6 Å². The second-order valence-electron chi connectivity index (χ2n) is 8.73. The number of benzene rings is 2. The molecule has 176 valence electrons. The SMILES string of the molecule is Cc1ccc2c(N3CCC[C@@H](NC(=O)O[C@H]4CCOC4)C3)nc(-c3ccccc3O)nc2c1.[HH].[HH]. The van der Waals surface area contributed by atoms with Gasteiger partial charge in [-0.15, -0.1) is 0 Å². The van der Waals surface area contributed by atoms with E-state index >= 15 is 0 Å². The lowest BCUT2D eigenvalue weighted by Gasteiger charge is -2.34. The third-order valence-electron chi connectivity index (χ3n) is 6.18. The van der Waals surface area contributed by atoms with Gasteiger partial charge >= 0.3 is 6.09 Å². The highest BCUT2D eigenvalue weighted by Crippen LogP contribution is 2.33. The molecule has 3 aromatic rings. The Morgan fingerprint density at radius 1 is 1.24 bits per heavy atom. The first-order valence-electron chi connectivity index (χ1n) is 11.4. The van der Waals surface area contributed by atoms with Crippen LogP contribution in [-0.2, 0) is 9.47 Å². The molecule has 0 spiro atoms. The van der Waals surface area contributed by atoms with Crippen molar-refractivity contribution in [1.82, 2.24) is 15.3 Å². The fourth-order valence-corrected chi connectivity index (χ4v) is 4.49. The van der Waals surface area contributed by atoms with Gasteiger partial charge in [-0.25, -0.2) is 14.8 Å². The Kier molecular flexibility index (Phi) is 6.00. The van der Waals surface area contributed by atoms with Crippen molar-refractivity contribution in [1.29, 1.82) is 0 Å². The molecule has 0 saturated carbocycles. The number of rotatable bonds is 4. The first-order chi connectivity index (χ1) is 16.1. The van der Waals surface area contributed by atoms with Crippen molar-refractivity contribution in [3.8, 4) is 17.1 Å². The molecule has 1 amide bonds. The second-order valence-corrected chi connectivity index (χ2v) is 8.73. The molecule has 0 unspecified atom stereocenters. The molecular weight excluding hydrogens is 420 g/mol. The second kappa shape index (κ2) is 9.23. The number of carbonyl (C=O) groups excluding carboxylic acids is 1. The number of piperidine rings is 1. The number of nitrogens with one attached hydrogen (secondary N) is 1. The molecular formula is C25H32N4O4. The van der Waals surface area contributed by atoms with Crippen molar-refractivity contribution in [3.63, 3.8) is 0 Å². The Hall–Kier alpha value is -3.39. The van der Waals surface area contributed by atoms with Crippen molar-refractivity contribution in [2.45, 2.75) is 38.3 Å². The third-order valence-corrected chi connectivity index (χ3v) is 6.18. The first-order valence-corrected chi connectivity index (χ1v) is 11.4. The lowest BCUT2D eigenvalue weighted by Crippen LogP contribution is -2.48. The molecule has 0 aliphatic carbocycles. The van der Waals surface area contributed by atoms with E-state index in [-0.39, 0.29) is 20.7 Å². The smallest absolute Gasteiger partial charge is 0.407 e. The molecule has 33 heavy (non-hydrogen) atoms. The van der Waals surface area contributed by atoms with Crippen molar-refractivity contribution < 1.29 is 22.2 Å². The Labute approximate surface area is 195 Å². The van der Waals surface area contributed by atoms with Gasteiger partial charge in [0.2, 0.25) is 0 Å². The summed E-state index contributed by atoms with van der Waals surface area (Å²) in [4.78, 5) is 24.2. The highest BCUT2D eigenvalue weighted by atomic mass is 16.6. The van der Waals surface area contributed by atoms with E-state index in [9.17, 15) is 9.90 Å². The highest BCUT2D eigenvalue weighted by molar-refractivity contribution is 5.92. The topological polar surface area (TPSA) is 96.8 Å². The van der Waals surface area contributed by atoms with Crippen LogP contribution in [0, 0.1) is 6.92 Å². The van der Waals surface area contributed by atoms with Crippen LogP contribution >= 0.6 is 0 Å². The van der Waals surface area contributed by atoms with Crippen LogP contribution in [0.3, 0.4) is 0 Å². The number of carbonyl (C=O) groups is 1. The molecule has 2 N–H and O–H groups in total. The number of ether oxygens (including phenoxy) is 2. The van der Waals surface area contributed by atoms with Gasteiger partial charge in [-0.3, -0.25) is 0 Å². The molecule has 2 aromatic carbocycles. The fourth-order valence-electron chi connectivity index (χ4n) is 4.49. The number of aryl methyl sites for hydroxylation is 1. The summed E-state index contributed by atoms with van der Waals surface area (Å²) in [5.74, 6) is 1.44. The van der Waals surface area contributed by atoms with E-state index in [1.165, 1.54) is 0 Å². The number of para-hydroxylation sites is 1. The monoisotopic (exact) mass is 452 g/mol. The summed E-state index contributed by atoms with van der Waals surface area (Å²) in [5, 5.41) is 14.4. The number of amides is 1. The van der Waals surface area contributed by atoms with Gasteiger partial charge in [-0.2, -0.15) is 0 Å². The lowest BCUT2D eigenvalue weighted by molar-refractivity contribution is 0.0803. The minimum absolute atomic E-state index is 0. The van der Waals surface area contributed by atoms with Crippen LogP contribution in [0.5, 0.6) is 5.75 Å². The molecule has 2 saturated heterocycles. The van der Waals surface area contributed by atoms with Crippen molar-refractivity contribution in [2.24, 2.45) is 0 Å². The van der Waals surface area contributed by atoms with Crippen LogP contribution in [0.4, 0.5) is 10.6 Å². The average Bonchev–Trinajstić information content (AvgIpc) is 3.31. The van der Waals surface area contributed by atoms with Gasteiger partial charge < -0.3 is 24.8 Å². The average molecular weight is 453 g/mol. The van der Waals surface area contributed by atoms with Crippen LogP contribution in [0.25, 0.3) is 22.3 Å². The summed E-state index contributed by atoms with van der Waals surface area (Å²) in [7, 11) is 0. The van der Waals surface area contributed by atoms with Gasteiger partial charge in [0.05, 0.1) is 24.3 Å². The summed E-state index contributed by atoms with van der Waals surface area (Å²) in [6.07, 6.45) is 1.98. The lowest BCUT2D eigenvalue weighted by atomic mass is 10.0. The zero-order valence-corrected chi connectivity index (χ0v) is 18.7. The number of phenolic OH excluding ortho intramolecular Hbond substituents is 1. The van der Waals surface area contributed by atoms with Crippen LogP contribution in [0.15, 0.2) is 42.5 Å². The quantitative estimate of drug-likeness (QED) is 0.610. The van der Waals surface area contributed by atoms with Crippen LogP contribution < -0.4 is 10.2 Å².